The maximum absolute atomic E-state index is 12.4. The van der Waals surface area contributed by atoms with Crippen LogP contribution in [0.15, 0.2) is 48.0 Å². The molecule has 4 rings (SSSR count). The number of aryl methyl sites for hydroxylation is 1. The van der Waals surface area contributed by atoms with E-state index in [2.05, 4.69) is 16.4 Å². The number of allylic oxidation sites excluding steroid dienone is 1. The van der Waals surface area contributed by atoms with E-state index >= 15 is 0 Å². The fourth-order valence-electron chi connectivity index (χ4n) is 3.69. The number of rotatable bonds is 6. The first kappa shape index (κ1) is 19.8. The van der Waals surface area contributed by atoms with Gasteiger partial charge in [-0.3, -0.25) is 14.6 Å². The average Bonchev–Trinajstić information content (AvgIpc) is 3.61. The molecule has 7 nitrogen and oxygen atoms in total. The molecule has 2 amide bonds. The van der Waals surface area contributed by atoms with Crippen molar-refractivity contribution in [2.24, 2.45) is 5.92 Å². The van der Waals surface area contributed by atoms with E-state index in [1.165, 1.54) is 0 Å². The number of pyridine rings is 1. The lowest BCUT2D eigenvalue weighted by molar-refractivity contribution is -0.119. The highest BCUT2D eigenvalue weighted by molar-refractivity contribution is 6.11. The highest BCUT2D eigenvalue weighted by atomic mass is 16.3. The molecule has 0 radical (unpaired) electrons. The first-order valence-corrected chi connectivity index (χ1v) is 10.0. The third-order valence-electron chi connectivity index (χ3n) is 5.63. The van der Waals surface area contributed by atoms with Gasteiger partial charge in [0.1, 0.15) is 5.76 Å². The zero-order valence-electron chi connectivity index (χ0n) is 16.8. The largest absolute Gasteiger partial charge is 0.511 e. The first-order valence-electron chi connectivity index (χ1n) is 10.0. The van der Waals surface area contributed by atoms with Crippen LogP contribution >= 0.6 is 0 Å². The molecular formula is C23H24N4O3. The number of carbonyl (C=O) groups is 2. The van der Waals surface area contributed by atoms with E-state index in [0.717, 1.165) is 53.4 Å². The normalized spacial score (nSPS) is 16.6. The Morgan fingerprint density at radius 2 is 2.07 bits per heavy atom. The highest BCUT2D eigenvalue weighted by Gasteiger charge is 2.30. The number of aliphatic hydroxyl groups excluding tert-OH is 1. The van der Waals surface area contributed by atoms with Gasteiger partial charge in [-0.1, -0.05) is 6.07 Å². The molecule has 2 aliphatic rings. The van der Waals surface area contributed by atoms with Gasteiger partial charge in [0.2, 0.25) is 5.91 Å². The summed E-state index contributed by atoms with van der Waals surface area (Å²) in [7, 11) is 1.79. The lowest BCUT2D eigenvalue weighted by Gasteiger charge is -2.26. The minimum Gasteiger partial charge on any atom is -0.511 e. The molecule has 0 bridgehead atoms. The summed E-state index contributed by atoms with van der Waals surface area (Å²) in [5.74, 6) is -0.315. The Hall–Kier alpha value is -3.48. The van der Waals surface area contributed by atoms with Crippen molar-refractivity contribution >= 4 is 23.7 Å². The van der Waals surface area contributed by atoms with Gasteiger partial charge in [-0.05, 0) is 54.2 Å². The lowest BCUT2D eigenvalue weighted by atomic mass is 9.96. The van der Waals surface area contributed by atoms with Gasteiger partial charge in [-0.25, -0.2) is 0 Å². The van der Waals surface area contributed by atoms with E-state index in [1.807, 2.05) is 18.2 Å². The molecule has 1 fully saturated rings. The maximum Gasteiger partial charge on any atom is 0.256 e. The Morgan fingerprint density at radius 3 is 2.80 bits per heavy atom. The van der Waals surface area contributed by atoms with Crippen molar-refractivity contribution in [3.63, 3.8) is 0 Å². The fourth-order valence-corrected chi connectivity index (χ4v) is 3.69. The summed E-state index contributed by atoms with van der Waals surface area (Å²) in [5.41, 5.74) is 4.84. The number of carbonyl (C=O) groups excluding carboxylic acids is 2. The summed E-state index contributed by atoms with van der Waals surface area (Å²) in [6.45, 7) is 0.247. The molecule has 7 heteroatoms. The van der Waals surface area contributed by atoms with Crippen LogP contribution in [0.1, 0.15) is 30.4 Å². The number of fused-ring (bicyclic) bond motifs is 1. The van der Waals surface area contributed by atoms with Crippen LogP contribution in [0.4, 0.5) is 5.69 Å². The van der Waals surface area contributed by atoms with Crippen LogP contribution in [0.3, 0.4) is 0 Å². The molecule has 1 aliphatic carbocycles. The van der Waals surface area contributed by atoms with Crippen molar-refractivity contribution in [2.45, 2.75) is 32.2 Å². The number of anilines is 1. The second kappa shape index (κ2) is 8.10. The van der Waals surface area contributed by atoms with E-state index in [1.54, 1.807) is 24.3 Å². The smallest absolute Gasteiger partial charge is 0.256 e. The van der Waals surface area contributed by atoms with Gasteiger partial charge < -0.3 is 20.7 Å². The minimum atomic E-state index is -0.457. The van der Waals surface area contributed by atoms with Crippen LogP contribution in [0.2, 0.25) is 0 Å². The van der Waals surface area contributed by atoms with Crippen LogP contribution in [-0.4, -0.2) is 35.2 Å². The molecule has 1 aliphatic heterocycles. The molecule has 1 aromatic heterocycles. The number of aromatic nitrogens is 1. The van der Waals surface area contributed by atoms with Gasteiger partial charge in [0, 0.05) is 55.8 Å². The fraction of sp³-hybridized carbons (Fsp3) is 0.304. The predicted molar refractivity (Wildman–Crippen MR) is 114 cm³/mol. The third kappa shape index (κ3) is 3.96. The molecule has 2 aromatic rings. The van der Waals surface area contributed by atoms with E-state index in [4.69, 9.17) is 5.41 Å². The second-order valence-electron chi connectivity index (χ2n) is 7.78. The summed E-state index contributed by atoms with van der Waals surface area (Å²) in [6.07, 6.45) is 7.30. The molecule has 154 valence electrons. The van der Waals surface area contributed by atoms with Gasteiger partial charge in [-0.15, -0.1) is 0 Å². The Kier molecular flexibility index (Phi) is 5.35. The summed E-state index contributed by atoms with van der Waals surface area (Å²) in [6, 6.07) is 7.97. The summed E-state index contributed by atoms with van der Waals surface area (Å²) in [4.78, 5) is 30.2. The molecule has 30 heavy (non-hydrogen) atoms. The molecule has 0 spiro atoms. The minimum absolute atomic E-state index is 0.00637. The van der Waals surface area contributed by atoms with E-state index in [9.17, 15) is 14.7 Å². The van der Waals surface area contributed by atoms with E-state index in [0.29, 0.717) is 6.42 Å². The SMILES string of the molecule is CN1C(=O)CCc2cc(-c3cncc(CNC(=O)/C(C=N)=C(/O)C4CC4)c3)ccc21. The van der Waals surface area contributed by atoms with Crippen LogP contribution in [0.5, 0.6) is 0 Å². The maximum atomic E-state index is 12.4. The van der Waals surface area contributed by atoms with Gasteiger partial charge >= 0.3 is 0 Å². The van der Waals surface area contributed by atoms with Crippen molar-refractivity contribution in [3.05, 3.63) is 59.1 Å². The first-order chi connectivity index (χ1) is 14.5. The number of nitrogens with zero attached hydrogens (tertiary/aromatic N) is 2. The van der Waals surface area contributed by atoms with Crippen LogP contribution < -0.4 is 10.2 Å². The van der Waals surface area contributed by atoms with Gasteiger partial charge in [-0.2, -0.15) is 0 Å². The predicted octanol–water partition coefficient (Wildman–Crippen LogP) is 3.15. The summed E-state index contributed by atoms with van der Waals surface area (Å²) >= 11 is 0. The molecule has 0 saturated heterocycles. The third-order valence-corrected chi connectivity index (χ3v) is 5.63. The Bertz CT molecular complexity index is 1060. The number of aliphatic hydroxyl groups is 1. The highest BCUT2D eigenvalue weighted by Crippen LogP contribution is 2.36. The Balaban J connectivity index is 1.49. The van der Waals surface area contributed by atoms with Gasteiger partial charge in [0.25, 0.3) is 5.91 Å². The molecular weight excluding hydrogens is 380 g/mol. The van der Waals surface area contributed by atoms with Crippen LogP contribution in [0, 0.1) is 11.3 Å². The van der Waals surface area contributed by atoms with E-state index in [-0.39, 0.29) is 29.7 Å². The van der Waals surface area contributed by atoms with Crippen LogP contribution in [-0.2, 0) is 22.6 Å². The number of amides is 2. The summed E-state index contributed by atoms with van der Waals surface area (Å²) < 4.78 is 0. The quantitative estimate of drug-likeness (QED) is 0.391. The standard InChI is InChI=1S/C23H24N4O3/c1-27-20-6-4-16(9-17(20)5-7-21(27)28)18-8-14(11-25-13-18)12-26-23(30)19(10-24)22(29)15-2-3-15/h4,6,8-11,13,15,24,29H,2-3,5,7,12H2,1H3,(H,26,30)/b22-19+,24-10?. The zero-order valence-corrected chi connectivity index (χ0v) is 16.8. The molecule has 0 atom stereocenters. The number of hydrogen-bond acceptors (Lipinski definition) is 5. The van der Waals surface area contributed by atoms with Crippen molar-refractivity contribution in [3.8, 4) is 11.1 Å². The monoisotopic (exact) mass is 404 g/mol. The van der Waals surface area contributed by atoms with Gasteiger partial charge in [0.15, 0.2) is 0 Å². The molecule has 1 saturated carbocycles. The van der Waals surface area contributed by atoms with Crippen molar-refractivity contribution in [1.29, 1.82) is 5.41 Å². The Labute approximate surface area is 174 Å². The molecule has 3 N–H and O–H groups in total. The summed E-state index contributed by atoms with van der Waals surface area (Å²) in [5, 5.41) is 20.3. The number of hydrogen-bond donors (Lipinski definition) is 3. The second-order valence-corrected chi connectivity index (χ2v) is 7.78. The average molecular weight is 404 g/mol. The molecule has 0 unspecified atom stereocenters. The molecule has 2 heterocycles. The topological polar surface area (TPSA) is 106 Å². The van der Waals surface area contributed by atoms with Crippen LogP contribution in [0.25, 0.3) is 11.1 Å². The van der Waals surface area contributed by atoms with Crippen molar-refractivity contribution in [1.82, 2.24) is 10.3 Å². The van der Waals surface area contributed by atoms with Crippen molar-refractivity contribution in [2.75, 3.05) is 11.9 Å². The van der Waals surface area contributed by atoms with Gasteiger partial charge in [0.05, 0.1) is 5.57 Å². The van der Waals surface area contributed by atoms with E-state index < -0.39 is 5.91 Å². The number of benzene rings is 1. The Morgan fingerprint density at radius 1 is 1.27 bits per heavy atom. The zero-order chi connectivity index (χ0) is 21.3. The lowest BCUT2D eigenvalue weighted by Crippen LogP contribution is -2.30. The number of nitrogens with one attached hydrogen (secondary N) is 2. The van der Waals surface area contributed by atoms with Crippen molar-refractivity contribution < 1.29 is 14.7 Å². The molecule has 1 aromatic carbocycles.